The van der Waals surface area contributed by atoms with Gasteiger partial charge < -0.3 is 4.74 Å². The molecule has 0 aromatic heterocycles. The minimum Gasteiger partial charge on any atom is -0.487 e. The lowest BCUT2D eigenvalue weighted by molar-refractivity contribution is 0.0955. The van der Waals surface area contributed by atoms with Gasteiger partial charge in [0, 0.05) is 16.1 Å². The van der Waals surface area contributed by atoms with Gasteiger partial charge in [-0.05, 0) is 29.8 Å². The maximum absolute atomic E-state index is 12.1. The molecule has 0 atom stereocenters. The Labute approximate surface area is 167 Å². The number of rotatable bonds is 6. The molecule has 0 spiro atoms. The molecule has 0 radical (unpaired) electrons. The molecule has 27 heavy (non-hydrogen) atoms. The van der Waals surface area contributed by atoms with Crippen LogP contribution >= 0.6 is 23.2 Å². The van der Waals surface area contributed by atoms with Crippen LogP contribution in [-0.4, -0.2) is 12.1 Å². The molecule has 3 aromatic rings. The number of benzene rings is 3. The molecular formula is C21H16Cl2N2O2. The lowest BCUT2D eigenvalue weighted by Crippen LogP contribution is -2.17. The second-order valence-electron chi connectivity index (χ2n) is 5.65. The van der Waals surface area contributed by atoms with Gasteiger partial charge in [0.2, 0.25) is 0 Å². The molecule has 4 nitrogen and oxygen atoms in total. The van der Waals surface area contributed by atoms with Gasteiger partial charge in [0.15, 0.2) is 0 Å². The van der Waals surface area contributed by atoms with Crippen molar-refractivity contribution in [3.8, 4) is 5.75 Å². The molecule has 0 unspecified atom stereocenters. The van der Waals surface area contributed by atoms with Crippen molar-refractivity contribution < 1.29 is 9.53 Å². The van der Waals surface area contributed by atoms with Gasteiger partial charge in [-0.25, -0.2) is 5.43 Å². The number of ether oxygens (including phenoxy) is 1. The summed E-state index contributed by atoms with van der Waals surface area (Å²) in [5.41, 5.74) is 4.56. The number of hydrazone groups is 1. The van der Waals surface area contributed by atoms with E-state index in [1.807, 2.05) is 36.4 Å². The predicted molar refractivity (Wildman–Crippen MR) is 109 cm³/mol. The Kier molecular flexibility index (Phi) is 6.47. The van der Waals surface area contributed by atoms with Crippen molar-refractivity contribution in [1.29, 1.82) is 0 Å². The maximum Gasteiger partial charge on any atom is 0.271 e. The van der Waals surface area contributed by atoms with Crippen LogP contribution in [0.15, 0.2) is 77.9 Å². The highest BCUT2D eigenvalue weighted by Gasteiger charge is 2.10. The van der Waals surface area contributed by atoms with E-state index in [2.05, 4.69) is 10.5 Å². The zero-order valence-corrected chi connectivity index (χ0v) is 15.7. The van der Waals surface area contributed by atoms with Crippen molar-refractivity contribution in [3.63, 3.8) is 0 Å². The Morgan fingerprint density at radius 2 is 1.67 bits per heavy atom. The largest absolute Gasteiger partial charge is 0.487 e. The monoisotopic (exact) mass is 398 g/mol. The molecule has 0 saturated carbocycles. The first-order valence-electron chi connectivity index (χ1n) is 8.17. The van der Waals surface area contributed by atoms with Gasteiger partial charge in [0.1, 0.15) is 12.4 Å². The standard InChI is InChI=1S/C21H16Cl2N2O2/c22-18-11-17(13-24-25-21(26)16-9-5-2-6-10-16)20(19(23)12-18)27-14-15-7-3-1-4-8-15/h1-13H,14H2,(H,25,26)/b24-13-. The van der Waals surface area contributed by atoms with Crippen molar-refractivity contribution >= 4 is 35.3 Å². The Bertz CT molecular complexity index is 945. The van der Waals surface area contributed by atoms with Crippen molar-refractivity contribution in [3.05, 3.63) is 99.5 Å². The van der Waals surface area contributed by atoms with Gasteiger partial charge in [-0.15, -0.1) is 0 Å². The van der Waals surface area contributed by atoms with Gasteiger partial charge in [-0.2, -0.15) is 5.10 Å². The van der Waals surface area contributed by atoms with E-state index < -0.39 is 0 Å². The highest BCUT2D eigenvalue weighted by molar-refractivity contribution is 6.36. The minimum atomic E-state index is -0.313. The third-order valence-electron chi connectivity index (χ3n) is 3.67. The number of nitrogens with one attached hydrogen (secondary N) is 1. The molecule has 3 rings (SSSR count). The number of hydrogen-bond donors (Lipinski definition) is 1. The summed E-state index contributed by atoms with van der Waals surface area (Å²) < 4.78 is 5.86. The molecule has 0 bridgehead atoms. The number of nitrogens with zero attached hydrogens (tertiary/aromatic N) is 1. The van der Waals surface area contributed by atoms with Crippen molar-refractivity contribution in [1.82, 2.24) is 5.43 Å². The normalized spacial score (nSPS) is 10.7. The SMILES string of the molecule is O=C(N/N=C\c1cc(Cl)cc(Cl)c1OCc1ccccc1)c1ccccc1. The number of amides is 1. The zero-order chi connectivity index (χ0) is 19.1. The van der Waals surface area contributed by atoms with Crippen molar-refractivity contribution in [2.75, 3.05) is 0 Å². The average Bonchev–Trinajstić information content (AvgIpc) is 2.68. The number of hydrogen-bond acceptors (Lipinski definition) is 3. The van der Waals surface area contributed by atoms with Crippen LogP contribution in [0.1, 0.15) is 21.5 Å². The third-order valence-corrected chi connectivity index (χ3v) is 4.17. The first-order chi connectivity index (χ1) is 13.1. The summed E-state index contributed by atoms with van der Waals surface area (Å²) in [6, 6.07) is 21.8. The predicted octanol–water partition coefficient (Wildman–Crippen LogP) is 5.34. The van der Waals surface area contributed by atoms with E-state index in [9.17, 15) is 4.79 Å². The van der Waals surface area contributed by atoms with E-state index in [1.165, 1.54) is 6.21 Å². The minimum absolute atomic E-state index is 0.313. The van der Waals surface area contributed by atoms with Crippen LogP contribution in [0.25, 0.3) is 0 Å². The summed E-state index contributed by atoms with van der Waals surface area (Å²) >= 11 is 12.4. The second kappa shape index (κ2) is 9.21. The van der Waals surface area contributed by atoms with E-state index in [0.717, 1.165) is 5.56 Å². The molecule has 6 heteroatoms. The van der Waals surface area contributed by atoms with Gasteiger partial charge >= 0.3 is 0 Å². The van der Waals surface area contributed by atoms with Crippen LogP contribution < -0.4 is 10.2 Å². The summed E-state index contributed by atoms with van der Waals surface area (Å²) in [5.74, 6) is 0.134. The Morgan fingerprint density at radius 1 is 1.00 bits per heavy atom. The van der Waals surface area contributed by atoms with Gasteiger partial charge in [-0.1, -0.05) is 71.7 Å². The Morgan fingerprint density at radius 3 is 2.37 bits per heavy atom. The van der Waals surface area contributed by atoms with Crippen LogP contribution in [0.5, 0.6) is 5.75 Å². The quantitative estimate of drug-likeness (QED) is 0.450. The molecule has 1 N–H and O–H groups in total. The molecule has 0 aliphatic carbocycles. The Hall–Kier alpha value is -2.82. The van der Waals surface area contributed by atoms with Crippen LogP contribution in [0, 0.1) is 0 Å². The molecule has 136 valence electrons. The van der Waals surface area contributed by atoms with E-state index in [1.54, 1.807) is 36.4 Å². The fourth-order valence-electron chi connectivity index (χ4n) is 2.37. The molecule has 0 fully saturated rings. The highest BCUT2D eigenvalue weighted by Crippen LogP contribution is 2.32. The third kappa shape index (κ3) is 5.33. The molecule has 0 aliphatic heterocycles. The molecule has 0 heterocycles. The van der Waals surface area contributed by atoms with Crippen LogP contribution in [0.3, 0.4) is 0 Å². The zero-order valence-electron chi connectivity index (χ0n) is 14.2. The number of carbonyl (C=O) groups is 1. The molecule has 0 saturated heterocycles. The average molecular weight is 399 g/mol. The van der Waals surface area contributed by atoms with Gasteiger partial charge in [-0.3, -0.25) is 4.79 Å². The smallest absolute Gasteiger partial charge is 0.271 e. The summed E-state index contributed by atoms with van der Waals surface area (Å²) in [6.07, 6.45) is 1.46. The second-order valence-corrected chi connectivity index (χ2v) is 6.49. The van der Waals surface area contributed by atoms with Crippen LogP contribution in [0.2, 0.25) is 10.0 Å². The highest BCUT2D eigenvalue weighted by atomic mass is 35.5. The van der Waals surface area contributed by atoms with Gasteiger partial charge in [0.05, 0.1) is 11.2 Å². The van der Waals surface area contributed by atoms with E-state index in [0.29, 0.717) is 33.5 Å². The maximum atomic E-state index is 12.1. The van der Waals surface area contributed by atoms with Gasteiger partial charge in [0.25, 0.3) is 5.91 Å². The molecule has 1 amide bonds. The lowest BCUT2D eigenvalue weighted by Gasteiger charge is -2.11. The fourth-order valence-corrected chi connectivity index (χ4v) is 2.94. The lowest BCUT2D eigenvalue weighted by atomic mass is 10.2. The van der Waals surface area contributed by atoms with E-state index in [-0.39, 0.29) is 5.91 Å². The summed E-state index contributed by atoms with van der Waals surface area (Å²) in [4.78, 5) is 12.1. The number of carbonyl (C=O) groups excluding carboxylic acids is 1. The first-order valence-corrected chi connectivity index (χ1v) is 8.93. The molecule has 3 aromatic carbocycles. The molecular weight excluding hydrogens is 383 g/mol. The first kappa shape index (κ1) is 19.0. The van der Waals surface area contributed by atoms with Crippen LogP contribution in [0.4, 0.5) is 0 Å². The van der Waals surface area contributed by atoms with Crippen molar-refractivity contribution in [2.24, 2.45) is 5.10 Å². The number of halogens is 2. The van der Waals surface area contributed by atoms with E-state index >= 15 is 0 Å². The summed E-state index contributed by atoms with van der Waals surface area (Å²) in [7, 11) is 0. The molecule has 0 aliphatic rings. The fraction of sp³-hybridized carbons (Fsp3) is 0.0476. The van der Waals surface area contributed by atoms with E-state index in [4.69, 9.17) is 27.9 Å². The summed E-state index contributed by atoms with van der Waals surface area (Å²) in [5, 5.41) is 4.81. The topological polar surface area (TPSA) is 50.7 Å². The van der Waals surface area contributed by atoms with Crippen LogP contribution in [-0.2, 0) is 6.61 Å². The van der Waals surface area contributed by atoms with Crippen molar-refractivity contribution in [2.45, 2.75) is 6.61 Å². The Balaban J connectivity index is 1.74. The summed E-state index contributed by atoms with van der Waals surface area (Å²) in [6.45, 7) is 0.347.